The fourth-order valence-electron chi connectivity index (χ4n) is 5.25. The summed E-state index contributed by atoms with van der Waals surface area (Å²) >= 11 is 0. The van der Waals surface area contributed by atoms with Crippen LogP contribution in [-0.2, 0) is 25.5 Å². The summed E-state index contributed by atoms with van der Waals surface area (Å²) in [7, 11) is 0. The van der Waals surface area contributed by atoms with Crippen molar-refractivity contribution in [2.75, 3.05) is 6.61 Å². The number of aliphatic carboxylic acids is 1. The number of aliphatic hydroxyl groups is 1. The van der Waals surface area contributed by atoms with Crippen molar-refractivity contribution in [3.8, 4) is 0 Å². The molecule has 0 amide bonds. The zero-order valence-electron chi connectivity index (χ0n) is 25.0. The molecule has 3 heterocycles. The molecule has 2 aliphatic heterocycles. The largest absolute Gasteiger partial charge is 0.481 e. The first-order chi connectivity index (χ1) is 19.4. The molecule has 1 aromatic heterocycles. The third kappa shape index (κ3) is 8.34. The van der Waals surface area contributed by atoms with Crippen LogP contribution in [0.2, 0.25) is 0 Å². The summed E-state index contributed by atoms with van der Waals surface area (Å²) in [6.45, 7) is 11.4. The van der Waals surface area contributed by atoms with Crippen LogP contribution < -0.4 is 11.2 Å². The van der Waals surface area contributed by atoms with E-state index in [0.29, 0.717) is 6.42 Å². The number of nitrogens with zero attached hydrogens (tertiary/aromatic N) is 3. The molecule has 0 aromatic carbocycles. The first-order valence-corrected chi connectivity index (χ1v) is 14.4. The van der Waals surface area contributed by atoms with Crippen LogP contribution in [0.4, 0.5) is 0 Å². The third-order valence-electron chi connectivity index (χ3n) is 7.67. The minimum Gasteiger partial charge on any atom is -0.481 e. The van der Waals surface area contributed by atoms with Gasteiger partial charge in [-0.2, -0.15) is 9.78 Å². The van der Waals surface area contributed by atoms with Gasteiger partial charge in [0.1, 0.15) is 24.5 Å². The number of hydrogen-bond donors (Lipinski definition) is 2. The lowest BCUT2D eigenvalue weighted by atomic mass is 9.97. The summed E-state index contributed by atoms with van der Waals surface area (Å²) in [6.07, 6.45) is 8.13. The lowest BCUT2D eigenvalue weighted by Gasteiger charge is -2.29. The maximum absolute atomic E-state index is 13.4. The second-order valence-electron chi connectivity index (χ2n) is 11.5. The molecule has 0 aliphatic carbocycles. The fraction of sp³-hybridized carbons (Fsp3) is 0.667. The summed E-state index contributed by atoms with van der Waals surface area (Å²) in [5, 5.41) is 23.5. The lowest BCUT2D eigenvalue weighted by molar-refractivity contribution is -0.221. The highest BCUT2D eigenvalue weighted by Crippen LogP contribution is 2.44. The molecule has 6 atom stereocenters. The van der Waals surface area contributed by atoms with E-state index in [1.807, 2.05) is 13.0 Å². The SMILES string of the molecule is CCC(CC1(C)O[C@@H]2[C@H](O1)[C@@H](CO)O[C@H]2n1ncc(=O)n(CC=C(C)CCC=C(C)CCC=C(C)C)c1=O)C(=O)O. The van der Waals surface area contributed by atoms with E-state index >= 15 is 0 Å². The molecule has 11 heteroatoms. The highest BCUT2D eigenvalue weighted by Gasteiger charge is 2.58. The predicted molar refractivity (Wildman–Crippen MR) is 153 cm³/mol. The number of aromatic nitrogens is 3. The van der Waals surface area contributed by atoms with Crippen molar-refractivity contribution in [2.24, 2.45) is 5.92 Å². The van der Waals surface area contributed by atoms with E-state index in [4.69, 9.17) is 14.2 Å². The van der Waals surface area contributed by atoms with Gasteiger partial charge in [-0.15, -0.1) is 0 Å². The Morgan fingerprint density at radius 1 is 1.07 bits per heavy atom. The van der Waals surface area contributed by atoms with Crippen molar-refractivity contribution in [1.29, 1.82) is 0 Å². The molecule has 2 unspecified atom stereocenters. The smallest absolute Gasteiger partial charge is 0.350 e. The Hall–Kier alpha value is -2.86. The number of fused-ring (bicyclic) bond motifs is 1. The van der Waals surface area contributed by atoms with Gasteiger partial charge in [-0.3, -0.25) is 14.2 Å². The molecule has 0 radical (unpaired) electrons. The van der Waals surface area contributed by atoms with Crippen LogP contribution in [0.5, 0.6) is 0 Å². The minimum atomic E-state index is -1.25. The van der Waals surface area contributed by atoms with E-state index in [-0.39, 0.29) is 13.0 Å². The first kappa shape index (κ1) is 32.7. The molecule has 1 aromatic rings. The second kappa shape index (κ2) is 14.4. The molecule has 2 N–H and O–H groups in total. The third-order valence-corrected chi connectivity index (χ3v) is 7.67. The van der Waals surface area contributed by atoms with Crippen molar-refractivity contribution in [3.63, 3.8) is 0 Å². The Morgan fingerprint density at radius 2 is 1.71 bits per heavy atom. The number of hydrogen-bond acceptors (Lipinski definition) is 8. The van der Waals surface area contributed by atoms with Gasteiger partial charge in [-0.05, 0) is 66.7 Å². The monoisotopic (exact) mass is 575 g/mol. The van der Waals surface area contributed by atoms with Crippen molar-refractivity contribution in [3.05, 3.63) is 62.0 Å². The second-order valence-corrected chi connectivity index (χ2v) is 11.5. The standard InChI is InChI=1S/C30H45N3O8/c1-7-22(28(36)37)16-30(6)40-25-23(18-34)39-27(26(25)41-30)33-29(38)32(24(35)17-31-33)15-14-21(5)13-9-12-20(4)11-8-10-19(2)3/h10,12,14,17,22-23,25-27,34H,7-9,11,13,15-16,18H2,1-6H3,(H,36,37)/t22?,23-,25-,26-,27-,30?/m1/s1. The molecule has 11 nitrogen and oxygen atoms in total. The van der Waals surface area contributed by atoms with E-state index in [9.17, 15) is 24.6 Å². The van der Waals surface area contributed by atoms with Crippen molar-refractivity contribution in [2.45, 2.75) is 117 Å². The van der Waals surface area contributed by atoms with E-state index in [2.05, 4.69) is 38.0 Å². The van der Waals surface area contributed by atoms with Crippen LogP contribution in [0.25, 0.3) is 0 Å². The van der Waals surface area contributed by atoms with Gasteiger partial charge in [-0.25, -0.2) is 4.79 Å². The molecule has 2 saturated heterocycles. The van der Waals surface area contributed by atoms with Gasteiger partial charge < -0.3 is 24.4 Å². The van der Waals surface area contributed by atoms with Gasteiger partial charge in [0.25, 0.3) is 5.56 Å². The lowest BCUT2D eigenvalue weighted by Crippen LogP contribution is -2.45. The molecule has 0 bridgehead atoms. The molecule has 228 valence electrons. The highest BCUT2D eigenvalue weighted by molar-refractivity contribution is 5.69. The van der Waals surface area contributed by atoms with Crippen LogP contribution in [-0.4, -0.2) is 61.2 Å². The van der Waals surface area contributed by atoms with Gasteiger partial charge in [0.05, 0.1) is 12.5 Å². The molecule has 3 rings (SSSR count). The summed E-state index contributed by atoms with van der Waals surface area (Å²) in [6, 6.07) is 0. The zero-order valence-corrected chi connectivity index (χ0v) is 25.0. The van der Waals surface area contributed by atoms with Crippen LogP contribution in [0, 0.1) is 5.92 Å². The molecular formula is C30H45N3O8. The van der Waals surface area contributed by atoms with Crippen LogP contribution >= 0.6 is 0 Å². The predicted octanol–water partition coefficient (Wildman–Crippen LogP) is 3.72. The Labute approximate surface area is 241 Å². The molecule has 0 saturated carbocycles. The van der Waals surface area contributed by atoms with Crippen molar-refractivity contribution in [1.82, 2.24) is 14.3 Å². The Bertz CT molecular complexity index is 1280. The minimum absolute atomic E-state index is 0.0748. The van der Waals surface area contributed by atoms with E-state index in [1.54, 1.807) is 13.8 Å². The van der Waals surface area contributed by atoms with Crippen LogP contribution in [0.3, 0.4) is 0 Å². The van der Waals surface area contributed by atoms with Crippen molar-refractivity contribution >= 4 is 5.97 Å². The Morgan fingerprint density at radius 3 is 2.32 bits per heavy atom. The average molecular weight is 576 g/mol. The number of rotatable bonds is 14. The Kier molecular flexibility index (Phi) is 11.4. The molecule has 0 spiro atoms. The Balaban J connectivity index is 1.73. The van der Waals surface area contributed by atoms with Gasteiger partial charge in [0, 0.05) is 13.0 Å². The molecule has 2 aliphatic rings. The van der Waals surface area contributed by atoms with E-state index in [1.165, 1.54) is 11.1 Å². The topological polar surface area (TPSA) is 142 Å². The molecular weight excluding hydrogens is 530 g/mol. The van der Waals surface area contributed by atoms with Gasteiger partial charge in [0.2, 0.25) is 0 Å². The summed E-state index contributed by atoms with van der Waals surface area (Å²) in [4.78, 5) is 37.6. The highest BCUT2D eigenvalue weighted by atomic mass is 16.8. The van der Waals surface area contributed by atoms with Gasteiger partial charge in [0.15, 0.2) is 12.0 Å². The number of carboxylic acid groups (broad SMARTS) is 1. The fourth-order valence-corrected chi connectivity index (χ4v) is 5.25. The maximum Gasteiger partial charge on any atom is 0.350 e. The molecule has 2 fully saturated rings. The normalized spacial score (nSPS) is 27.1. The molecule has 41 heavy (non-hydrogen) atoms. The van der Waals surface area contributed by atoms with Gasteiger partial charge >= 0.3 is 11.7 Å². The van der Waals surface area contributed by atoms with E-state index in [0.717, 1.165) is 46.7 Å². The van der Waals surface area contributed by atoms with Crippen LogP contribution in [0.15, 0.2) is 50.7 Å². The number of carboxylic acids is 1. The summed E-state index contributed by atoms with van der Waals surface area (Å²) in [5.74, 6) is -2.89. The zero-order chi connectivity index (χ0) is 30.3. The number of ether oxygens (including phenoxy) is 3. The maximum atomic E-state index is 13.4. The number of aliphatic hydroxyl groups excluding tert-OH is 1. The summed E-state index contributed by atoms with van der Waals surface area (Å²) < 4.78 is 20.2. The van der Waals surface area contributed by atoms with Crippen LogP contribution in [0.1, 0.15) is 86.3 Å². The quantitative estimate of drug-likeness (QED) is 0.317. The van der Waals surface area contributed by atoms with Crippen molar-refractivity contribution < 1.29 is 29.2 Å². The number of carbonyl (C=O) groups is 1. The van der Waals surface area contributed by atoms with Gasteiger partial charge in [-0.1, -0.05) is 41.9 Å². The first-order valence-electron chi connectivity index (χ1n) is 14.4. The summed E-state index contributed by atoms with van der Waals surface area (Å²) in [5.41, 5.74) is 2.49. The average Bonchev–Trinajstić information content (AvgIpc) is 3.41. The van der Waals surface area contributed by atoms with E-state index < -0.39 is 60.1 Å². The number of allylic oxidation sites excluding steroid dienone is 6.